The van der Waals surface area contributed by atoms with Crippen LogP contribution in [0.2, 0.25) is 0 Å². The van der Waals surface area contributed by atoms with E-state index in [1.165, 1.54) is 0 Å². The van der Waals surface area contributed by atoms with Gasteiger partial charge in [0.2, 0.25) is 0 Å². The lowest BCUT2D eigenvalue weighted by atomic mass is 9.98. The molecule has 0 spiro atoms. The van der Waals surface area contributed by atoms with E-state index in [4.69, 9.17) is 9.47 Å². The van der Waals surface area contributed by atoms with Crippen molar-refractivity contribution in [1.82, 2.24) is 10.6 Å². The molecule has 0 fully saturated rings. The molecule has 0 heterocycles. The number of nitrogens with one attached hydrogen (secondary N) is 2. The maximum absolute atomic E-state index is 11.4. The van der Waals surface area contributed by atoms with Crippen LogP contribution in [-0.4, -0.2) is 36.5 Å². The molecule has 0 aliphatic rings. The predicted molar refractivity (Wildman–Crippen MR) is 82.3 cm³/mol. The molecule has 0 radical (unpaired) electrons. The topological polar surface area (TPSA) is 76.7 Å². The number of hydrogen-bond donors (Lipinski definition) is 2. The molecule has 0 rings (SSSR count). The zero-order chi connectivity index (χ0) is 16.5. The molecule has 6 heteroatoms. The first-order valence-electron chi connectivity index (χ1n) is 7.45. The van der Waals surface area contributed by atoms with Crippen molar-refractivity contribution in [3.63, 3.8) is 0 Å². The molecule has 0 aliphatic heterocycles. The van der Waals surface area contributed by atoms with Gasteiger partial charge in [-0.1, -0.05) is 0 Å². The minimum atomic E-state index is -0.400. The number of alkyl carbamates (subject to hydrolysis) is 2. The van der Waals surface area contributed by atoms with Crippen molar-refractivity contribution in [2.24, 2.45) is 0 Å². The zero-order valence-electron chi connectivity index (χ0n) is 14.2. The Hall–Kier alpha value is -1.46. The Bertz CT molecular complexity index is 335. The van der Waals surface area contributed by atoms with Gasteiger partial charge in [0.05, 0.1) is 13.2 Å². The minimum absolute atomic E-state index is 0.289. The molecule has 0 saturated heterocycles. The molecular formula is C15H30N2O4. The number of carbonyl (C=O) groups is 2. The molecule has 2 N–H and O–H groups in total. The van der Waals surface area contributed by atoms with Crippen LogP contribution in [-0.2, 0) is 9.47 Å². The summed E-state index contributed by atoms with van der Waals surface area (Å²) in [7, 11) is 0. The second kappa shape index (κ2) is 8.74. The molecule has 21 heavy (non-hydrogen) atoms. The van der Waals surface area contributed by atoms with Crippen molar-refractivity contribution in [3.8, 4) is 0 Å². The van der Waals surface area contributed by atoms with Crippen LogP contribution in [0.5, 0.6) is 0 Å². The lowest BCUT2D eigenvalue weighted by molar-refractivity contribution is 0.132. The fourth-order valence-electron chi connectivity index (χ4n) is 1.68. The highest BCUT2D eigenvalue weighted by Crippen LogP contribution is 2.13. The van der Waals surface area contributed by atoms with Gasteiger partial charge < -0.3 is 20.1 Å². The Morgan fingerprint density at radius 1 is 0.905 bits per heavy atom. The Labute approximate surface area is 127 Å². The third-order valence-corrected chi connectivity index (χ3v) is 2.62. The van der Waals surface area contributed by atoms with E-state index in [-0.39, 0.29) is 11.1 Å². The van der Waals surface area contributed by atoms with Gasteiger partial charge in [0.1, 0.15) is 0 Å². The maximum atomic E-state index is 11.4. The number of rotatable bonds is 7. The van der Waals surface area contributed by atoms with Crippen LogP contribution in [0.15, 0.2) is 0 Å². The van der Waals surface area contributed by atoms with Crippen molar-refractivity contribution >= 4 is 12.2 Å². The van der Waals surface area contributed by atoms with E-state index in [0.717, 1.165) is 19.3 Å². The fourth-order valence-corrected chi connectivity index (χ4v) is 1.68. The summed E-state index contributed by atoms with van der Waals surface area (Å²) in [6, 6.07) is 0. The maximum Gasteiger partial charge on any atom is 0.407 e. The van der Waals surface area contributed by atoms with E-state index in [1.54, 1.807) is 6.92 Å². The number of amides is 2. The van der Waals surface area contributed by atoms with Gasteiger partial charge in [0.15, 0.2) is 0 Å². The summed E-state index contributed by atoms with van der Waals surface area (Å²) in [5.74, 6) is 0. The summed E-state index contributed by atoms with van der Waals surface area (Å²) >= 11 is 0. The first-order chi connectivity index (χ1) is 9.56. The van der Waals surface area contributed by atoms with E-state index in [9.17, 15) is 9.59 Å². The van der Waals surface area contributed by atoms with Crippen LogP contribution in [0.3, 0.4) is 0 Å². The standard InChI is InChI=1S/C15H30N2O4/c1-7-20-13(19)17-15(5,6)10-8-9-11-21-12(18)16-14(2,3)4/h7-11H2,1-6H3,(H,16,18)(H,17,19). The van der Waals surface area contributed by atoms with Crippen LogP contribution in [0.1, 0.15) is 60.8 Å². The first kappa shape index (κ1) is 19.5. The largest absolute Gasteiger partial charge is 0.450 e. The van der Waals surface area contributed by atoms with Gasteiger partial charge in [0, 0.05) is 11.1 Å². The summed E-state index contributed by atoms with van der Waals surface area (Å²) in [6.07, 6.45) is 1.60. The first-order valence-corrected chi connectivity index (χ1v) is 7.45. The molecule has 0 bridgehead atoms. The Morgan fingerprint density at radius 2 is 1.48 bits per heavy atom. The number of hydrogen-bond acceptors (Lipinski definition) is 4. The zero-order valence-corrected chi connectivity index (χ0v) is 14.2. The molecule has 124 valence electrons. The van der Waals surface area contributed by atoms with Crippen molar-refractivity contribution in [2.45, 2.75) is 71.9 Å². The SMILES string of the molecule is CCOC(=O)NC(C)(C)CCCCOC(=O)NC(C)(C)C. The van der Waals surface area contributed by atoms with Crippen molar-refractivity contribution in [2.75, 3.05) is 13.2 Å². The smallest absolute Gasteiger partial charge is 0.407 e. The van der Waals surface area contributed by atoms with Gasteiger partial charge in [-0.2, -0.15) is 0 Å². The van der Waals surface area contributed by atoms with Crippen molar-refractivity contribution < 1.29 is 19.1 Å². The van der Waals surface area contributed by atoms with Gasteiger partial charge in [-0.3, -0.25) is 0 Å². The third-order valence-electron chi connectivity index (χ3n) is 2.62. The molecule has 0 aromatic heterocycles. The normalized spacial score (nSPS) is 11.7. The number of carbonyl (C=O) groups excluding carboxylic acids is 2. The van der Waals surface area contributed by atoms with E-state index in [1.807, 2.05) is 34.6 Å². The van der Waals surface area contributed by atoms with Crippen molar-refractivity contribution in [1.29, 1.82) is 0 Å². The summed E-state index contributed by atoms with van der Waals surface area (Å²) in [5, 5.41) is 5.54. The number of ether oxygens (including phenoxy) is 2. The molecule has 0 saturated carbocycles. The van der Waals surface area contributed by atoms with E-state index in [0.29, 0.717) is 13.2 Å². The second-order valence-electron chi connectivity index (χ2n) is 6.70. The predicted octanol–water partition coefficient (Wildman–Crippen LogP) is 3.21. The Morgan fingerprint density at radius 3 is 2.00 bits per heavy atom. The van der Waals surface area contributed by atoms with Crippen LogP contribution < -0.4 is 10.6 Å². The van der Waals surface area contributed by atoms with E-state index < -0.39 is 12.2 Å². The second-order valence-corrected chi connectivity index (χ2v) is 6.70. The van der Waals surface area contributed by atoms with E-state index >= 15 is 0 Å². The van der Waals surface area contributed by atoms with Crippen LogP contribution in [0.25, 0.3) is 0 Å². The monoisotopic (exact) mass is 302 g/mol. The lowest BCUT2D eigenvalue weighted by Gasteiger charge is -2.25. The Kier molecular flexibility index (Phi) is 8.14. The van der Waals surface area contributed by atoms with E-state index in [2.05, 4.69) is 10.6 Å². The number of unbranched alkanes of at least 4 members (excludes halogenated alkanes) is 1. The third kappa shape index (κ3) is 12.0. The van der Waals surface area contributed by atoms with Crippen LogP contribution in [0, 0.1) is 0 Å². The molecule has 2 amide bonds. The average Bonchev–Trinajstić information content (AvgIpc) is 2.25. The summed E-state index contributed by atoms with van der Waals surface area (Å²) in [6.45, 7) is 12.1. The highest BCUT2D eigenvalue weighted by atomic mass is 16.6. The lowest BCUT2D eigenvalue weighted by Crippen LogP contribution is -2.43. The quantitative estimate of drug-likeness (QED) is 0.708. The molecule has 0 aromatic carbocycles. The summed E-state index contributed by atoms with van der Waals surface area (Å²) < 4.78 is 9.95. The highest BCUT2D eigenvalue weighted by Gasteiger charge is 2.20. The molecule has 0 unspecified atom stereocenters. The van der Waals surface area contributed by atoms with Crippen LogP contribution in [0.4, 0.5) is 9.59 Å². The van der Waals surface area contributed by atoms with Crippen molar-refractivity contribution in [3.05, 3.63) is 0 Å². The molecule has 6 nitrogen and oxygen atoms in total. The molecule has 0 atom stereocenters. The summed E-state index contributed by atoms with van der Waals surface area (Å²) in [5.41, 5.74) is -0.622. The minimum Gasteiger partial charge on any atom is -0.450 e. The van der Waals surface area contributed by atoms with Crippen LogP contribution >= 0.6 is 0 Å². The fraction of sp³-hybridized carbons (Fsp3) is 0.867. The summed E-state index contributed by atoms with van der Waals surface area (Å²) in [4.78, 5) is 22.8. The van der Waals surface area contributed by atoms with Gasteiger partial charge >= 0.3 is 12.2 Å². The van der Waals surface area contributed by atoms with Gasteiger partial charge in [-0.25, -0.2) is 9.59 Å². The van der Waals surface area contributed by atoms with Gasteiger partial charge in [-0.15, -0.1) is 0 Å². The Balaban J connectivity index is 3.79. The highest BCUT2D eigenvalue weighted by molar-refractivity contribution is 5.68. The average molecular weight is 302 g/mol. The molecule has 0 aliphatic carbocycles. The van der Waals surface area contributed by atoms with Gasteiger partial charge in [0.25, 0.3) is 0 Å². The molecular weight excluding hydrogens is 272 g/mol. The molecule has 0 aromatic rings. The van der Waals surface area contributed by atoms with Gasteiger partial charge in [-0.05, 0) is 60.8 Å².